The fraction of sp³-hybridized carbons (Fsp3) is 0. The fourth-order valence-electron chi connectivity index (χ4n) is 5.24. The van der Waals surface area contributed by atoms with E-state index < -0.39 is 0 Å². The molecule has 0 aromatic heterocycles. The molecule has 0 atom stereocenters. The average Bonchev–Trinajstić information content (AvgIpc) is 3.53. The summed E-state index contributed by atoms with van der Waals surface area (Å²) in [5.41, 5.74) is 3.75. The van der Waals surface area contributed by atoms with Crippen LogP contribution in [0.3, 0.4) is 0 Å². The highest BCUT2D eigenvalue weighted by Gasteiger charge is 2.36. The van der Waals surface area contributed by atoms with E-state index in [2.05, 4.69) is 31.5 Å². The third-order valence-corrected chi connectivity index (χ3v) is 6.88. The molecule has 0 amide bonds. The Morgan fingerprint density at radius 2 is 1.19 bits per heavy atom. The second kappa shape index (κ2) is 10.4. The van der Waals surface area contributed by atoms with E-state index in [1.165, 1.54) is 0 Å². The maximum atomic E-state index is 10.4. The average molecular weight is 531 g/mol. The van der Waals surface area contributed by atoms with Crippen LogP contribution in [0.2, 0.25) is 0 Å². The van der Waals surface area contributed by atoms with E-state index in [9.17, 15) is 21.0 Å². The van der Waals surface area contributed by atoms with Gasteiger partial charge in [-0.15, -0.1) is 0 Å². The first-order valence-electron chi connectivity index (χ1n) is 12.0. The minimum Gasteiger partial charge on any atom is -0.238 e. The van der Waals surface area contributed by atoms with Gasteiger partial charge in [-0.1, -0.05) is 42.5 Å². The molecule has 0 N–H and O–H groups in total. The first-order valence-corrected chi connectivity index (χ1v) is 12.0. The lowest BCUT2D eigenvalue weighted by Crippen LogP contribution is -1.94. The molecular formula is C34H10N8. The van der Waals surface area contributed by atoms with Crippen LogP contribution in [-0.4, -0.2) is 0 Å². The van der Waals surface area contributed by atoms with Crippen LogP contribution in [-0.2, 0) is 0 Å². The van der Waals surface area contributed by atoms with Crippen molar-refractivity contribution in [3.8, 4) is 24.3 Å². The van der Waals surface area contributed by atoms with Crippen LogP contribution in [0.15, 0.2) is 72.1 Å². The van der Waals surface area contributed by atoms with Crippen molar-refractivity contribution in [1.82, 2.24) is 0 Å². The topological polar surface area (TPSA) is 113 Å². The van der Waals surface area contributed by atoms with Gasteiger partial charge in [0.1, 0.15) is 6.07 Å². The molecule has 3 aromatic carbocycles. The number of hydrogen-bond acceptors (Lipinski definition) is 4. The van der Waals surface area contributed by atoms with Gasteiger partial charge >= 0.3 is 0 Å². The molecule has 0 fully saturated rings. The van der Waals surface area contributed by atoms with Gasteiger partial charge in [-0.3, -0.25) is 0 Å². The van der Waals surface area contributed by atoms with Gasteiger partial charge in [-0.25, -0.2) is 29.9 Å². The fourth-order valence-corrected chi connectivity index (χ4v) is 5.24. The molecule has 8 nitrogen and oxygen atoms in total. The molecule has 3 aromatic rings. The highest BCUT2D eigenvalue weighted by Crippen LogP contribution is 2.55. The van der Waals surface area contributed by atoms with Gasteiger partial charge < -0.3 is 0 Å². The maximum absolute atomic E-state index is 10.4. The number of nitrogens with zero attached hydrogens (tertiary/aromatic N) is 8. The Labute approximate surface area is 241 Å². The zero-order valence-corrected chi connectivity index (χ0v) is 21.4. The van der Waals surface area contributed by atoms with Gasteiger partial charge in [-0.05, 0) is 68.3 Å². The molecule has 0 spiro atoms. The lowest BCUT2D eigenvalue weighted by Gasteiger charge is -2.12. The van der Waals surface area contributed by atoms with Crippen LogP contribution in [0.5, 0.6) is 0 Å². The van der Waals surface area contributed by atoms with Crippen molar-refractivity contribution >= 4 is 39.2 Å². The molecule has 0 aliphatic heterocycles. The van der Waals surface area contributed by atoms with E-state index in [0.717, 1.165) is 0 Å². The Balaban J connectivity index is 1.94. The highest BCUT2D eigenvalue weighted by atomic mass is 14.7. The second-order valence-corrected chi connectivity index (χ2v) is 8.89. The summed E-state index contributed by atoms with van der Waals surface area (Å²) < 4.78 is 0. The molecule has 0 bridgehead atoms. The first-order chi connectivity index (χ1) is 20.5. The molecule has 0 heterocycles. The molecule has 0 saturated carbocycles. The Bertz CT molecular complexity index is 2070. The van der Waals surface area contributed by atoms with Crippen molar-refractivity contribution in [1.29, 1.82) is 21.0 Å². The molecule has 0 unspecified atom stereocenters. The number of rotatable bonds is 2. The number of allylic oxidation sites excluding steroid dienone is 7. The predicted molar refractivity (Wildman–Crippen MR) is 154 cm³/mol. The van der Waals surface area contributed by atoms with Crippen LogP contribution in [0.4, 0.5) is 5.69 Å². The molecule has 0 radical (unpaired) electrons. The largest absolute Gasteiger partial charge is 0.270 e. The molecule has 186 valence electrons. The van der Waals surface area contributed by atoms with E-state index in [0.29, 0.717) is 55.8 Å². The normalized spacial score (nSPS) is 14.9. The molecule has 0 saturated heterocycles. The van der Waals surface area contributed by atoms with E-state index in [1.807, 2.05) is 12.1 Å². The van der Waals surface area contributed by atoms with Gasteiger partial charge in [0.05, 0.1) is 55.6 Å². The van der Waals surface area contributed by atoms with Gasteiger partial charge in [0, 0.05) is 5.57 Å². The summed E-state index contributed by atoms with van der Waals surface area (Å²) >= 11 is 0. The van der Waals surface area contributed by atoms with Crippen molar-refractivity contribution in [3.05, 3.63) is 157 Å². The van der Waals surface area contributed by atoms with Crippen molar-refractivity contribution in [2.75, 3.05) is 0 Å². The van der Waals surface area contributed by atoms with Crippen LogP contribution >= 0.6 is 0 Å². The van der Waals surface area contributed by atoms with Gasteiger partial charge in [-0.2, -0.15) is 10.5 Å². The standard InChI is InChI=1S/C34H10N8/c1-39-22-10-6-9-21(12-22)31-33(29(18-38)41-3)25-13-23-24(14-26(25)34(31)42-4)32(28(17-37)40-2)30(27(23)16-36)20-8-5-7-19(11-20)15-35/h5-14H/b32-28+,33-29-. The lowest BCUT2D eigenvalue weighted by atomic mass is 9.91. The highest BCUT2D eigenvalue weighted by molar-refractivity contribution is 6.29. The van der Waals surface area contributed by atoms with Crippen molar-refractivity contribution in [3.63, 3.8) is 0 Å². The summed E-state index contributed by atoms with van der Waals surface area (Å²) in [5.74, 6) is 0. The van der Waals surface area contributed by atoms with Crippen molar-refractivity contribution in [2.24, 2.45) is 0 Å². The zero-order chi connectivity index (χ0) is 30.0. The summed E-state index contributed by atoms with van der Waals surface area (Å²) in [6.45, 7) is 30.9. The Hall–Kier alpha value is -7.46. The van der Waals surface area contributed by atoms with Crippen molar-refractivity contribution in [2.45, 2.75) is 0 Å². The molecule has 2 aliphatic carbocycles. The third kappa shape index (κ3) is 3.78. The number of hydrogen-bond donors (Lipinski definition) is 0. The van der Waals surface area contributed by atoms with E-state index >= 15 is 0 Å². The minimum atomic E-state index is -0.273. The summed E-state index contributed by atoms with van der Waals surface area (Å²) in [5, 5.41) is 39.7. The van der Waals surface area contributed by atoms with Crippen LogP contribution in [0.1, 0.15) is 38.9 Å². The quantitative estimate of drug-likeness (QED) is 0.250. The summed E-state index contributed by atoms with van der Waals surface area (Å²) in [6, 6.07) is 24.3. The van der Waals surface area contributed by atoms with Gasteiger partial charge in [0.15, 0.2) is 5.69 Å². The Kier molecular flexibility index (Phi) is 6.45. The zero-order valence-electron chi connectivity index (χ0n) is 21.4. The lowest BCUT2D eigenvalue weighted by molar-refractivity contribution is 1.47. The maximum Gasteiger partial charge on any atom is 0.270 e. The molecule has 8 heteroatoms. The van der Waals surface area contributed by atoms with Crippen LogP contribution < -0.4 is 0 Å². The van der Waals surface area contributed by atoms with E-state index in [1.54, 1.807) is 60.7 Å². The van der Waals surface area contributed by atoms with Crippen LogP contribution in [0, 0.1) is 71.6 Å². The van der Waals surface area contributed by atoms with E-state index in [-0.39, 0.29) is 33.8 Å². The monoisotopic (exact) mass is 530 g/mol. The SMILES string of the molecule is [C-]#[N+]C1=C(c2cccc([N+]#[C-])c2)/C(=C(/C#N)[N+]#[C-])c2cc3c(cc21)/C(=C(/C#N)[N+]#[C-])C(c1cccc(C#N)c1)=C3C#N. The van der Waals surface area contributed by atoms with Gasteiger partial charge in [0.2, 0.25) is 5.70 Å². The predicted octanol–water partition coefficient (Wildman–Crippen LogP) is 7.67. The number of nitriles is 4. The second-order valence-electron chi connectivity index (χ2n) is 8.89. The molecule has 2 aliphatic rings. The molecule has 42 heavy (non-hydrogen) atoms. The number of fused-ring (bicyclic) bond motifs is 2. The molecular weight excluding hydrogens is 520 g/mol. The van der Waals surface area contributed by atoms with Crippen molar-refractivity contribution < 1.29 is 0 Å². The Morgan fingerprint density at radius 1 is 0.595 bits per heavy atom. The summed E-state index contributed by atoms with van der Waals surface area (Å²) in [4.78, 5) is 14.1. The van der Waals surface area contributed by atoms with E-state index in [4.69, 9.17) is 26.3 Å². The number of benzene rings is 3. The third-order valence-electron chi connectivity index (χ3n) is 6.88. The van der Waals surface area contributed by atoms with Gasteiger partial charge in [0.25, 0.3) is 11.4 Å². The molecule has 5 rings (SSSR count). The Morgan fingerprint density at radius 3 is 1.76 bits per heavy atom. The smallest absolute Gasteiger partial charge is 0.238 e. The van der Waals surface area contributed by atoms with Crippen LogP contribution in [0.25, 0.3) is 52.9 Å². The first kappa shape index (κ1) is 26.2. The minimum absolute atomic E-state index is 0.125. The summed E-state index contributed by atoms with van der Waals surface area (Å²) in [7, 11) is 0. The summed E-state index contributed by atoms with van der Waals surface area (Å²) in [6.07, 6.45) is 0.